The van der Waals surface area contributed by atoms with Gasteiger partial charge in [0.25, 0.3) is 5.91 Å². The third kappa shape index (κ3) is 7.63. The first-order chi connectivity index (χ1) is 13.6. The fraction of sp³-hybridized carbons (Fsp3) is 0.529. The lowest BCUT2D eigenvalue weighted by molar-refractivity contribution is -0.148. The number of nitrogens with one attached hydrogen (secondary N) is 2. The minimum atomic E-state index is -3.80. The van der Waals surface area contributed by atoms with Gasteiger partial charge in [-0.25, -0.2) is 21.6 Å². The molecule has 2 rings (SSSR count). The predicted octanol–water partition coefficient (Wildman–Crippen LogP) is -0.400. The molecule has 0 aromatic heterocycles. The minimum Gasteiger partial charge on any atom is -0.494 e. The van der Waals surface area contributed by atoms with Crippen LogP contribution < -0.4 is 14.8 Å². The number of ether oxygens (including phenoxy) is 2. The van der Waals surface area contributed by atoms with Crippen molar-refractivity contribution in [1.82, 2.24) is 10.0 Å². The zero-order chi connectivity index (χ0) is 21.5. The van der Waals surface area contributed by atoms with Crippen LogP contribution in [-0.4, -0.2) is 66.0 Å². The van der Waals surface area contributed by atoms with Crippen molar-refractivity contribution < 1.29 is 35.9 Å². The van der Waals surface area contributed by atoms with Gasteiger partial charge in [-0.3, -0.25) is 9.59 Å². The minimum absolute atomic E-state index is 0.0201. The Labute approximate surface area is 169 Å². The van der Waals surface area contributed by atoms with E-state index in [4.69, 9.17) is 9.47 Å². The highest BCUT2D eigenvalue weighted by Crippen LogP contribution is 2.15. The molecule has 1 atom stereocenters. The monoisotopic (exact) mass is 448 g/mol. The molecular weight excluding hydrogens is 424 g/mol. The number of carbonyl (C=O) groups is 2. The molecule has 2 N–H and O–H groups in total. The summed E-state index contributed by atoms with van der Waals surface area (Å²) in [5.41, 5.74) is 0. The third-order valence-electron chi connectivity index (χ3n) is 4.03. The van der Waals surface area contributed by atoms with Crippen molar-refractivity contribution in [3.05, 3.63) is 24.3 Å². The van der Waals surface area contributed by atoms with E-state index >= 15 is 0 Å². The largest absolute Gasteiger partial charge is 0.494 e. The van der Waals surface area contributed by atoms with Crippen molar-refractivity contribution >= 4 is 31.7 Å². The van der Waals surface area contributed by atoms with E-state index in [-0.39, 0.29) is 29.4 Å². The lowest BCUT2D eigenvalue weighted by Crippen LogP contribution is -2.38. The Morgan fingerprint density at radius 3 is 2.48 bits per heavy atom. The van der Waals surface area contributed by atoms with Crippen LogP contribution in [0.15, 0.2) is 29.2 Å². The predicted molar refractivity (Wildman–Crippen MR) is 104 cm³/mol. The number of hydrogen-bond acceptors (Lipinski definition) is 8. The number of rotatable bonds is 10. The summed E-state index contributed by atoms with van der Waals surface area (Å²) in [5.74, 6) is -0.917. The van der Waals surface area contributed by atoms with E-state index in [1.54, 1.807) is 0 Å². The Hall–Kier alpha value is -2.18. The van der Waals surface area contributed by atoms with Gasteiger partial charge < -0.3 is 14.8 Å². The van der Waals surface area contributed by atoms with E-state index in [1.165, 1.54) is 24.3 Å². The third-order valence-corrected chi connectivity index (χ3v) is 7.27. The Kier molecular flexibility index (Phi) is 7.99. The molecule has 1 saturated heterocycles. The van der Waals surface area contributed by atoms with Gasteiger partial charge in [0.05, 0.1) is 29.4 Å². The summed E-state index contributed by atoms with van der Waals surface area (Å²) in [4.78, 5) is 23.4. The van der Waals surface area contributed by atoms with Gasteiger partial charge in [-0.2, -0.15) is 0 Å². The molecule has 12 heteroatoms. The fourth-order valence-corrected chi connectivity index (χ4v) is 5.35. The Morgan fingerprint density at radius 2 is 1.90 bits per heavy atom. The van der Waals surface area contributed by atoms with E-state index in [2.05, 4.69) is 10.0 Å². The van der Waals surface area contributed by atoms with Crippen LogP contribution in [0, 0.1) is 0 Å². The van der Waals surface area contributed by atoms with E-state index in [0.717, 1.165) is 0 Å². The number of carbonyl (C=O) groups excluding carboxylic acids is 2. The molecule has 1 aliphatic rings. The van der Waals surface area contributed by atoms with Gasteiger partial charge in [-0.1, -0.05) is 0 Å². The molecule has 1 amide bonds. The van der Waals surface area contributed by atoms with Crippen molar-refractivity contribution in [3.8, 4) is 5.75 Å². The summed E-state index contributed by atoms with van der Waals surface area (Å²) < 4.78 is 59.3. The molecule has 1 fully saturated rings. The first-order valence-corrected chi connectivity index (χ1v) is 12.3. The number of amides is 1. The number of benzene rings is 1. The van der Waals surface area contributed by atoms with E-state index in [1.807, 2.05) is 6.92 Å². The van der Waals surface area contributed by atoms with Crippen LogP contribution >= 0.6 is 0 Å². The zero-order valence-electron chi connectivity index (χ0n) is 15.9. The maximum absolute atomic E-state index is 12.2. The van der Waals surface area contributed by atoms with E-state index in [0.29, 0.717) is 18.8 Å². The topological polar surface area (TPSA) is 145 Å². The standard InChI is InChI=1S/C17H24N2O8S2/c1-2-26-14-3-5-15(6-4-14)29(24,25)18-9-7-17(21)27-11-16(20)19-13-8-10-28(22,23)12-13/h3-6,13,18H,2,7-12H2,1H3,(H,19,20)/t13-/m0/s1. The Balaban J connectivity index is 1.70. The van der Waals surface area contributed by atoms with Crippen LogP contribution in [0.1, 0.15) is 19.8 Å². The molecule has 1 aromatic rings. The maximum atomic E-state index is 12.2. The Bertz CT molecular complexity index is 927. The second-order valence-electron chi connectivity index (χ2n) is 6.38. The average Bonchev–Trinajstić information content (AvgIpc) is 2.99. The van der Waals surface area contributed by atoms with E-state index in [9.17, 15) is 26.4 Å². The van der Waals surface area contributed by atoms with Gasteiger partial charge in [0.15, 0.2) is 16.4 Å². The number of esters is 1. The second kappa shape index (κ2) is 10.0. The normalized spacial score (nSPS) is 18.2. The summed E-state index contributed by atoms with van der Waals surface area (Å²) in [7, 11) is -6.92. The fourth-order valence-electron chi connectivity index (χ4n) is 2.65. The first kappa shape index (κ1) is 23.1. The van der Waals surface area contributed by atoms with Gasteiger partial charge in [0, 0.05) is 12.6 Å². The van der Waals surface area contributed by atoms with Crippen LogP contribution in [-0.2, 0) is 34.2 Å². The van der Waals surface area contributed by atoms with Crippen LogP contribution in [0.4, 0.5) is 0 Å². The highest BCUT2D eigenvalue weighted by atomic mass is 32.2. The van der Waals surface area contributed by atoms with Crippen molar-refractivity contribution in [3.63, 3.8) is 0 Å². The second-order valence-corrected chi connectivity index (χ2v) is 10.4. The van der Waals surface area contributed by atoms with Crippen LogP contribution in [0.5, 0.6) is 5.75 Å². The highest BCUT2D eigenvalue weighted by molar-refractivity contribution is 7.91. The van der Waals surface area contributed by atoms with Crippen LogP contribution in [0.2, 0.25) is 0 Å². The number of hydrogen-bond donors (Lipinski definition) is 2. The lowest BCUT2D eigenvalue weighted by atomic mass is 10.2. The quantitative estimate of drug-likeness (QED) is 0.460. The van der Waals surface area contributed by atoms with Crippen molar-refractivity contribution in [2.75, 3.05) is 31.3 Å². The molecule has 0 spiro atoms. The molecular formula is C17H24N2O8S2. The molecule has 1 heterocycles. The summed E-state index contributed by atoms with van der Waals surface area (Å²) in [6.07, 6.45) is 0.0662. The molecule has 0 saturated carbocycles. The van der Waals surface area contributed by atoms with Crippen molar-refractivity contribution in [2.45, 2.75) is 30.7 Å². The molecule has 162 valence electrons. The zero-order valence-corrected chi connectivity index (χ0v) is 17.6. The molecule has 1 aliphatic heterocycles. The molecule has 0 unspecified atom stereocenters. The summed E-state index contributed by atoms with van der Waals surface area (Å²) >= 11 is 0. The molecule has 0 radical (unpaired) electrons. The molecule has 29 heavy (non-hydrogen) atoms. The molecule has 1 aromatic carbocycles. The first-order valence-electron chi connectivity index (χ1n) is 8.99. The summed E-state index contributed by atoms with van der Waals surface area (Å²) in [6, 6.07) is 5.35. The number of sulfone groups is 1. The SMILES string of the molecule is CCOc1ccc(S(=O)(=O)NCCC(=O)OCC(=O)N[C@H]2CCS(=O)(=O)C2)cc1. The maximum Gasteiger partial charge on any atom is 0.307 e. The van der Waals surface area contributed by atoms with Gasteiger partial charge in [0.1, 0.15) is 5.75 Å². The number of sulfonamides is 1. The average molecular weight is 449 g/mol. The molecule has 0 bridgehead atoms. The van der Waals surface area contributed by atoms with Gasteiger partial charge in [-0.05, 0) is 37.6 Å². The van der Waals surface area contributed by atoms with Gasteiger partial charge >= 0.3 is 5.97 Å². The summed E-state index contributed by atoms with van der Waals surface area (Å²) in [5, 5.41) is 2.49. The lowest BCUT2D eigenvalue weighted by Gasteiger charge is -2.11. The molecule has 10 nitrogen and oxygen atoms in total. The van der Waals surface area contributed by atoms with Crippen molar-refractivity contribution in [2.24, 2.45) is 0 Å². The van der Waals surface area contributed by atoms with E-state index < -0.39 is 44.4 Å². The van der Waals surface area contributed by atoms with Crippen LogP contribution in [0.25, 0.3) is 0 Å². The molecule has 0 aliphatic carbocycles. The van der Waals surface area contributed by atoms with Gasteiger partial charge in [0.2, 0.25) is 10.0 Å². The smallest absolute Gasteiger partial charge is 0.307 e. The van der Waals surface area contributed by atoms with Gasteiger partial charge in [-0.15, -0.1) is 0 Å². The van der Waals surface area contributed by atoms with Crippen molar-refractivity contribution in [1.29, 1.82) is 0 Å². The Morgan fingerprint density at radius 1 is 1.21 bits per heavy atom. The highest BCUT2D eigenvalue weighted by Gasteiger charge is 2.29. The van der Waals surface area contributed by atoms with Crippen LogP contribution in [0.3, 0.4) is 0 Å². The summed E-state index contributed by atoms with van der Waals surface area (Å²) in [6.45, 7) is 1.52.